The summed E-state index contributed by atoms with van der Waals surface area (Å²) >= 11 is 0. The highest BCUT2D eigenvalue weighted by atomic mass is 16.6. The molecule has 0 amide bonds. The fraction of sp³-hybridized carbons (Fsp3) is 0.529. The van der Waals surface area contributed by atoms with Crippen molar-refractivity contribution >= 4 is 33.5 Å². The molecule has 0 fully saturated rings. The molecular formula is C34H46O6. The molecule has 0 aliphatic carbocycles. The van der Waals surface area contributed by atoms with Crippen LogP contribution in [0, 0.1) is 0 Å². The number of ether oxygens (including phenoxy) is 4. The molecule has 3 aromatic rings. The van der Waals surface area contributed by atoms with Crippen LogP contribution in [0.3, 0.4) is 0 Å². The fourth-order valence-electron chi connectivity index (χ4n) is 4.81. The van der Waals surface area contributed by atoms with Gasteiger partial charge in [0.25, 0.3) is 0 Å². The summed E-state index contributed by atoms with van der Waals surface area (Å²) in [6.07, 6.45) is 11.8. The molecule has 0 heterocycles. The van der Waals surface area contributed by atoms with Crippen molar-refractivity contribution in [1.29, 1.82) is 0 Å². The van der Waals surface area contributed by atoms with E-state index >= 15 is 0 Å². The Hall–Kier alpha value is -3.28. The van der Waals surface area contributed by atoms with E-state index in [1.807, 2.05) is 30.3 Å². The first kappa shape index (κ1) is 31.3. The van der Waals surface area contributed by atoms with E-state index in [1.54, 1.807) is 0 Å². The van der Waals surface area contributed by atoms with Crippen molar-refractivity contribution in [2.24, 2.45) is 0 Å². The van der Waals surface area contributed by atoms with Gasteiger partial charge < -0.3 is 18.9 Å². The van der Waals surface area contributed by atoms with E-state index in [4.69, 9.17) is 18.9 Å². The number of unbranched alkanes of at least 4 members (excludes halogenated alkanes) is 8. The van der Waals surface area contributed by atoms with Gasteiger partial charge >= 0.3 is 11.9 Å². The van der Waals surface area contributed by atoms with Crippen molar-refractivity contribution in [2.75, 3.05) is 26.4 Å². The molecule has 0 atom stereocenters. The van der Waals surface area contributed by atoms with Gasteiger partial charge in [-0.05, 0) is 30.9 Å². The predicted octanol–water partition coefficient (Wildman–Crippen LogP) is 8.34. The molecule has 6 heteroatoms. The van der Waals surface area contributed by atoms with Crippen LogP contribution in [0.1, 0.15) is 90.5 Å². The van der Waals surface area contributed by atoms with Crippen molar-refractivity contribution in [2.45, 2.75) is 91.4 Å². The van der Waals surface area contributed by atoms with Gasteiger partial charge in [0, 0.05) is 21.5 Å². The summed E-state index contributed by atoms with van der Waals surface area (Å²) in [4.78, 5) is 24.9. The second-order valence-corrected chi connectivity index (χ2v) is 10.3. The van der Waals surface area contributed by atoms with E-state index in [9.17, 15) is 9.59 Å². The highest BCUT2D eigenvalue weighted by Crippen LogP contribution is 2.43. The maximum absolute atomic E-state index is 12.5. The molecule has 40 heavy (non-hydrogen) atoms. The number of benzene rings is 3. The van der Waals surface area contributed by atoms with E-state index < -0.39 is 0 Å². The molecule has 218 valence electrons. The second-order valence-electron chi connectivity index (χ2n) is 10.3. The van der Waals surface area contributed by atoms with Gasteiger partial charge in [0.2, 0.25) is 0 Å². The summed E-state index contributed by atoms with van der Waals surface area (Å²) in [5, 5.41) is 3.29. The molecule has 0 aliphatic heterocycles. The average molecular weight is 551 g/mol. The monoisotopic (exact) mass is 550 g/mol. The Balaban J connectivity index is 1.75. The first-order chi connectivity index (χ1) is 19.6. The number of hydrogen-bond donors (Lipinski definition) is 0. The number of aryl methyl sites for hydroxylation is 1. The zero-order chi connectivity index (χ0) is 28.6. The summed E-state index contributed by atoms with van der Waals surface area (Å²) in [7, 11) is 0. The van der Waals surface area contributed by atoms with Gasteiger partial charge in [-0.25, -0.2) is 9.59 Å². The Morgan fingerprint density at radius 2 is 1.05 bits per heavy atom. The molecule has 6 nitrogen and oxygen atoms in total. The zero-order valence-electron chi connectivity index (χ0n) is 24.6. The lowest BCUT2D eigenvalue weighted by atomic mass is 9.98. The standard InChI is InChI=1S/C34H46O6/c1-4-7-9-11-15-21-37-31(35)24-39-33-27-17-13-14-18-28(27)34(30-23-26(6-3)19-20-29(30)33)40-25-32(36)38-22-16-12-10-8-5-2/h13-14,17-20,23H,4-12,15-16,21-22,24-25H2,1-3H3. The van der Waals surface area contributed by atoms with Crippen molar-refractivity contribution < 1.29 is 28.5 Å². The maximum Gasteiger partial charge on any atom is 0.344 e. The van der Waals surface area contributed by atoms with Crippen molar-refractivity contribution in [3.63, 3.8) is 0 Å². The van der Waals surface area contributed by atoms with Crippen LogP contribution in [0.4, 0.5) is 0 Å². The van der Waals surface area contributed by atoms with Crippen LogP contribution in [0.2, 0.25) is 0 Å². The van der Waals surface area contributed by atoms with Gasteiger partial charge in [0.15, 0.2) is 13.2 Å². The van der Waals surface area contributed by atoms with E-state index in [-0.39, 0.29) is 25.2 Å². The molecule has 0 saturated heterocycles. The molecule has 0 aromatic heterocycles. The third kappa shape index (κ3) is 9.42. The fourth-order valence-corrected chi connectivity index (χ4v) is 4.81. The number of fused-ring (bicyclic) bond motifs is 2. The van der Waals surface area contributed by atoms with Gasteiger partial charge in [0.05, 0.1) is 13.2 Å². The van der Waals surface area contributed by atoms with Crippen molar-refractivity contribution in [3.05, 3.63) is 48.0 Å². The zero-order valence-corrected chi connectivity index (χ0v) is 24.6. The molecule has 0 unspecified atom stereocenters. The quantitative estimate of drug-likeness (QED) is 0.0849. The lowest BCUT2D eigenvalue weighted by Crippen LogP contribution is -2.17. The summed E-state index contributed by atoms with van der Waals surface area (Å²) in [5.41, 5.74) is 1.13. The van der Waals surface area contributed by atoms with Crippen molar-refractivity contribution in [1.82, 2.24) is 0 Å². The lowest BCUT2D eigenvalue weighted by molar-refractivity contribution is -0.147. The maximum atomic E-state index is 12.5. The highest BCUT2D eigenvalue weighted by molar-refractivity contribution is 6.11. The van der Waals surface area contributed by atoms with Crippen LogP contribution in [0.5, 0.6) is 11.5 Å². The Kier molecular flexibility index (Phi) is 13.6. The SMILES string of the molecule is CCCCCCCOC(=O)COc1c2ccccc2c(OCC(=O)OCCCCCCC)c2cc(CC)ccc12. The number of hydrogen-bond acceptors (Lipinski definition) is 6. The van der Waals surface area contributed by atoms with Crippen LogP contribution in [0.15, 0.2) is 42.5 Å². The van der Waals surface area contributed by atoms with Crippen molar-refractivity contribution in [3.8, 4) is 11.5 Å². The Bertz CT molecular complexity index is 1220. The van der Waals surface area contributed by atoms with E-state index in [2.05, 4.69) is 32.9 Å². The van der Waals surface area contributed by atoms with Crippen LogP contribution in [0.25, 0.3) is 21.5 Å². The first-order valence-electron chi connectivity index (χ1n) is 15.1. The molecule has 0 spiro atoms. The number of rotatable bonds is 19. The minimum atomic E-state index is -0.379. The number of carbonyl (C=O) groups excluding carboxylic acids is 2. The summed E-state index contributed by atoms with van der Waals surface area (Å²) in [5.74, 6) is 0.464. The Morgan fingerprint density at radius 1 is 0.575 bits per heavy atom. The Labute approximate surface area is 239 Å². The van der Waals surface area contributed by atoms with E-state index in [0.717, 1.165) is 72.1 Å². The molecular weight excluding hydrogens is 504 g/mol. The highest BCUT2D eigenvalue weighted by Gasteiger charge is 2.19. The van der Waals surface area contributed by atoms with Gasteiger partial charge in [-0.3, -0.25) is 0 Å². The normalized spacial score (nSPS) is 11.1. The third-order valence-electron chi connectivity index (χ3n) is 7.09. The van der Waals surface area contributed by atoms with Crippen LogP contribution < -0.4 is 9.47 Å². The Morgan fingerprint density at radius 3 is 1.55 bits per heavy atom. The minimum Gasteiger partial charge on any atom is -0.481 e. The number of carbonyl (C=O) groups is 2. The van der Waals surface area contributed by atoms with Crippen LogP contribution in [-0.4, -0.2) is 38.4 Å². The molecule has 0 aliphatic rings. The van der Waals surface area contributed by atoms with Gasteiger partial charge in [-0.15, -0.1) is 0 Å². The minimum absolute atomic E-state index is 0.171. The largest absolute Gasteiger partial charge is 0.481 e. The average Bonchev–Trinajstić information content (AvgIpc) is 2.98. The molecule has 0 bridgehead atoms. The third-order valence-corrected chi connectivity index (χ3v) is 7.09. The van der Waals surface area contributed by atoms with E-state index in [1.165, 1.54) is 25.7 Å². The van der Waals surface area contributed by atoms with Crippen LogP contribution >= 0.6 is 0 Å². The van der Waals surface area contributed by atoms with Gasteiger partial charge in [0.1, 0.15) is 11.5 Å². The summed E-state index contributed by atoms with van der Waals surface area (Å²) in [6, 6.07) is 13.9. The van der Waals surface area contributed by atoms with Gasteiger partial charge in [-0.2, -0.15) is 0 Å². The summed E-state index contributed by atoms with van der Waals surface area (Å²) in [6.45, 7) is 6.93. The smallest absolute Gasteiger partial charge is 0.344 e. The van der Waals surface area contributed by atoms with E-state index in [0.29, 0.717) is 24.7 Å². The first-order valence-corrected chi connectivity index (χ1v) is 15.1. The molecule has 3 aromatic carbocycles. The predicted molar refractivity (Wildman–Crippen MR) is 161 cm³/mol. The van der Waals surface area contributed by atoms with Crippen LogP contribution in [-0.2, 0) is 25.5 Å². The summed E-state index contributed by atoms with van der Waals surface area (Å²) < 4.78 is 23.1. The van der Waals surface area contributed by atoms with Gasteiger partial charge in [-0.1, -0.05) is 109 Å². The molecule has 0 saturated carbocycles. The topological polar surface area (TPSA) is 71.1 Å². The molecule has 3 rings (SSSR count). The molecule has 0 N–H and O–H groups in total. The molecule has 0 radical (unpaired) electrons. The lowest BCUT2D eigenvalue weighted by Gasteiger charge is -2.18. The second kappa shape index (κ2) is 17.4. The number of esters is 2.